The topological polar surface area (TPSA) is 75.0 Å². The fourth-order valence-electron chi connectivity index (χ4n) is 0.900. The first-order valence-corrected chi connectivity index (χ1v) is 5.51. The number of aromatic nitrogens is 1. The predicted octanol–water partition coefficient (Wildman–Crippen LogP) is 1.83. The van der Waals surface area contributed by atoms with Crippen molar-refractivity contribution >= 4 is 22.4 Å². The van der Waals surface area contributed by atoms with Crippen LogP contribution in [0.1, 0.15) is 12.6 Å². The molecule has 0 radical (unpaired) electrons. The number of nitriles is 1. The maximum absolute atomic E-state index is 11.2. The van der Waals surface area contributed by atoms with Crippen LogP contribution in [0, 0.1) is 18.3 Å². The van der Waals surface area contributed by atoms with Gasteiger partial charge in [0.2, 0.25) is 0 Å². The second-order valence-electron chi connectivity index (χ2n) is 2.83. The van der Waals surface area contributed by atoms with Gasteiger partial charge in [-0.25, -0.2) is 9.78 Å². The Balaban J connectivity index is 2.67. The third kappa shape index (κ3) is 3.37. The quantitative estimate of drug-likeness (QED) is 0.491. The van der Waals surface area contributed by atoms with Crippen LogP contribution < -0.4 is 5.32 Å². The van der Waals surface area contributed by atoms with Crippen molar-refractivity contribution in [3.63, 3.8) is 0 Å². The number of carbonyl (C=O) groups excluding carboxylic acids is 1. The molecule has 0 unspecified atom stereocenters. The number of thiazole rings is 1. The average Bonchev–Trinajstić information content (AvgIpc) is 2.65. The molecular formula is C10H11N3O2S. The fraction of sp³-hybridized carbons (Fsp3) is 0.300. The predicted molar refractivity (Wildman–Crippen MR) is 60.8 cm³/mol. The Hall–Kier alpha value is -1.87. The van der Waals surface area contributed by atoms with E-state index in [0.29, 0.717) is 5.13 Å². The summed E-state index contributed by atoms with van der Waals surface area (Å²) >= 11 is 1.40. The van der Waals surface area contributed by atoms with E-state index in [-0.39, 0.29) is 12.2 Å². The lowest BCUT2D eigenvalue weighted by molar-refractivity contribution is -0.138. The number of anilines is 1. The van der Waals surface area contributed by atoms with E-state index >= 15 is 0 Å². The molecule has 0 amide bonds. The molecule has 0 aromatic carbocycles. The molecule has 1 aromatic rings. The van der Waals surface area contributed by atoms with Gasteiger partial charge in [-0.1, -0.05) is 0 Å². The summed E-state index contributed by atoms with van der Waals surface area (Å²) in [6.07, 6.45) is 1.30. The van der Waals surface area contributed by atoms with Gasteiger partial charge < -0.3 is 10.1 Å². The summed E-state index contributed by atoms with van der Waals surface area (Å²) < 4.78 is 4.70. The van der Waals surface area contributed by atoms with Gasteiger partial charge in [0.05, 0.1) is 12.3 Å². The Morgan fingerprint density at radius 2 is 2.56 bits per heavy atom. The third-order valence-corrected chi connectivity index (χ3v) is 2.47. The SMILES string of the molecule is CCOC(=O)/C(C#N)=C\Nc1nc(C)cs1. The maximum Gasteiger partial charge on any atom is 0.350 e. The number of ether oxygens (including phenoxy) is 1. The minimum absolute atomic E-state index is 0.0743. The van der Waals surface area contributed by atoms with Gasteiger partial charge in [-0.05, 0) is 13.8 Å². The van der Waals surface area contributed by atoms with E-state index in [1.807, 2.05) is 12.3 Å². The van der Waals surface area contributed by atoms with E-state index < -0.39 is 5.97 Å². The fourth-order valence-corrected chi connectivity index (χ4v) is 1.56. The van der Waals surface area contributed by atoms with Crippen molar-refractivity contribution in [3.05, 3.63) is 22.8 Å². The smallest absolute Gasteiger partial charge is 0.350 e. The molecule has 1 aromatic heterocycles. The molecule has 1 N–H and O–H groups in total. The summed E-state index contributed by atoms with van der Waals surface area (Å²) in [5.41, 5.74) is 0.810. The highest BCUT2D eigenvalue weighted by Gasteiger charge is 2.09. The second kappa shape index (κ2) is 5.88. The van der Waals surface area contributed by atoms with Gasteiger partial charge >= 0.3 is 5.97 Å². The molecule has 84 valence electrons. The maximum atomic E-state index is 11.2. The Bertz CT molecular complexity index is 445. The molecule has 0 saturated heterocycles. The molecular weight excluding hydrogens is 226 g/mol. The highest BCUT2D eigenvalue weighted by atomic mass is 32.1. The highest BCUT2D eigenvalue weighted by molar-refractivity contribution is 7.13. The summed E-state index contributed by atoms with van der Waals surface area (Å²) in [6.45, 7) is 3.79. The lowest BCUT2D eigenvalue weighted by atomic mass is 10.3. The molecule has 0 bridgehead atoms. The van der Waals surface area contributed by atoms with Crippen LogP contribution in [0.15, 0.2) is 17.2 Å². The number of rotatable bonds is 4. The van der Waals surface area contributed by atoms with Crippen molar-refractivity contribution in [2.75, 3.05) is 11.9 Å². The molecule has 0 aliphatic heterocycles. The second-order valence-corrected chi connectivity index (χ2v) is 3.69. The van der Waals surface area contributed by atoms with Crippen molar-refractivity contribution in [1.29, 1.82) is 5.26 Å². The van der Waals surface area contributed by atoms with Gasteiger partial charge in [-0.15, -0.1) is 11.3 Å². The van der Waals surface area contributed by atoms with Gasteiger partial charge in [0.25, 0.3) is 0 Å². The van der Waals surface area contributed by atoms with Crippen LogP contribution in [0.3, 0.4) is 0 Å². The number of hydrogen-bond donors (Lipinski definition) is 1. The molecule has 1 heterocycles. The molecule has 6 heteroatoms. The van der Waals surface area contributed by atoms with Gasteiger partial charge in [0.1, 0.15) is 6.07 Å². The van der Waals surface area contributed by atoms with E-state index in [2.05, 4.69) is 10.3 Å². The normalized spacial score (nSPS) is 10.7. The Labute approximate surface area is 97.4 Å². The lowest BCUT2D eigenvalue weighted by Crippen LogP contribution is -2.07. The summed E-state index contributed by atoms with van der Waals surface area (Å²) in [6, 6.07) is 1.76. The third-order valence-electron chi connectivity index (χ3n) is 1.57. The molecule has 0 spiro atoms. The van der Waals surface area contributed by atoms with Crippen LogP contribution in [0.25, 0.3) is 0 Å². The molecule has 0 aliphatic carbocycles. The van der Waals surface area contributed by atoms with Crippen LogP contribution >= 0.6 is 11.3 Å². The first kappa shape index (κ1) is 12.2. The average molecular weight is 237 g/mol. The Morgan fingerprint density at radius 1 is 1.81 bits per heavy atom. The lowest BCUT2D eigenvalue weighted by Gasteiger charge is -1.99. The van der Waals surface area contributed by atoms with Crippen molar-refractivity contribution in [1.82, 2.24) is 4.98 Å². The van der Waals surface area contributed by atoms with Crippen LogP contribution in [0.5, 0.6) is 0 Å². The van der Waals surface area contributed by atoms with Gasteiger partial charge in [-0.3, -0.25) is 0 Å². The van der Waals surface area contributed by atoms with E-state index in [9.17, 15) is 4.79 Å². The van der Waals surface area contributed by atoms with E-state index in [0.717, 1.165) is 5.69 Å². The van der Waals surface area contributed by atoms with Crippen LogP contribution in [0.4, 0.5) is 5.13 Å². The zero-order chi connectivity index (χ0) is 12.0. The standard InChI is InChI=1S/C10H11N3O2S/c1-3-15-9(14)8(4-11)5-12-10-13-7(2)6-16-10/h5-6H,3H2,1-2H3,(H,12,13)/b8-5-. The molecule has 16 heavy (non-hydrogen) atoms. The molecule has 0 atom stereocenters. The van der Waals surface area contributed by atoms with Crippen LogP contribution in [-0.4, -0.2) is 17.6 Å². The first-order valence-electron chi connectivity index (χ1n) is 4.63. The van der Waals surface area contributed by atoms with Gasteiger partial charge in [0.15, 0.2) is 10.7 Å². The highest BCUT2D eigenvalue weighted by Crippen LogP contribution is 2.14. The van der Waals surface area contributed by atoms with E-state index in [1.165, 1.54) is 17.5 Å². The minimum Gasteiger partial charge on any atom is -0.462 e. The monoisotopic (exact) mass is 237 g/mol. The van der Waals surface area contributed by atoms with Crippen molar-refractivity contribution < 1.29 is 9.53 Å². The summed E-state index contributed by atoms with van der Waals surface area (Å²) in [5.74, 6) is -0.634. The number of nitrogens with one attached hydrogen (secondary N) is 1. The van der Waals surface area contributed by atoms with Crippen LogP contribution in [0.2, 0.25) is 0 Å². The molecule has 0 saturated carbocycles. The zero-order valence-corrected chi connectivity index (χ0v) is 9.80. The molecule has 5 nitrogen and oxygen atoms in total. The number of hydrogen-bond acceptors (Lipinski definition) is 6. The van der Waals surface area contributed by atoms with Gasteiger partial charge in [-0.2, -0.15) is 5.26 Å². The number of nitrogens with zero attached hydrogens (tertiary/aromatic N) is 2. The Morgan fingerprint density at radius 3 is 3.06 bits per heavy atom. The number of carbonyl (C=O) groups is 1. The largest absolute Gasteiger partial charge is 0.462 e. The van der Waals surface area contributed by atoms with E-state index in [4.69, 9.17) is 10.00 Å². The van der Waals surface area contributed by atoms with Crippen molar-refractivity contribution in [2.24, 2.45) is 0 Å². The Kier molecular flexibility index (Phi) is 4.48. The first-order chi connectivity index (χ1) is 7.67. The van der Waals surface area contributed by atoms with Gasteiger partial charge in [0, 0.05) is 11.6 Å². The zero-order valence-electron chi connectivity index (χ0n) is 8.98. The summed E-state index contributed by atoms with van der Waals surface area (Å²) in [5, 5.41) is 14.0. The molecule has 1 rings (SSSR count). The summed E-state index contributed by atoms with van der Waals surface area (Å²) in [4.78, 5) is 15.4. The minimum atomic E-state index is -0.634. The van der Waals surface area contributed by atoms with Crippen LogP contribution in [-0.2, 0) is 9.53 Å². The molecule has 0 aliphatic rings. The summed E-state index contributed by atoms with van der Waals surface area (Å²) in [7, 11) is 0. The number of esters is 1. The van der Waals surface area contributed by atoms with E-state index in [1.54, 1.807) is 13.0 Å². The molecule has 0 fully saturated rings. The number of aryl methyl sites for hydroxylation is 1. The van der Waals surface area contributed by atoms with Crippen molar-refractivity contribution in [2.45, 2.75) is 13.8 Å². The van der Waals surface area contributed by atoms with Crippen molar-refractivity contribution in [3.8, 4) is 6.07 Å².